The van der Waals surface area contributed by atoms with Crippen LogP contribution in [0.3, 0.4) is 0 Å². The molecule has 4 nitrogen and oxygen atoms in total. The Kier molecular flexibility index (Phi) is 5.16. The molecule has 0 unspecified atom stereocenters. The van der Waals surface area contributed by atoms with E-state index in [2.05, 4.69) is 143 Å². The Balaban J connectivity index is 1.22. The van der Waals surface area contributed by atoms with Gasteiger partial charge in [0.2, 0.25) is 0 Å². The molecule has 7 aromatic carbocycles. The van der Waals surface area contributed by atoms with Gasteiger partial charge in [0.25, 0.3) is 5.56 Å². The number of nitrogens with zero attached hydrogens (tertiary/aromatic N) is 3. The molecule has 0 bridgehead atoms. The first-order chi connectivity index (χ1) is 23.7. The van der Waals surface area contributed by atoms with E-state index in [9.17, 15) is 4.79 Å². The molecular weight excluding hydrogens is 607 g/mol. The van der Waals surface area contributed by atoms with E-state index in [1.54, 1.807) is 11.8 Å². The molecule has 0 spiro atoms. The fraction of sp³-hybridized carbons (Fsp3) is 0. The van der Waals surface area contributed by atoms with Crippen LogP contribution in [0, 0.1) is 0 Å². The zero-order valence-electron chi connectivity index (χ0n) is 25.6. The molecule has 1 aliphatic rings. The Hall–Kier alpha value is -6.04. The molecule has 0 amide bonds. The summed E-state index contributed by atoms with van der Waals surface area (Å²) in [6, 6.07) is 53.5. The molecule has 224 valence electrons. The molecule has 4 heterocycles. The van der Waals surface area contributed by atoms with E-state index in [1.807, 2.05) is 22.8 Å². The smallest absolute Gasteiger partial charge is 0.263 e. The first-order valence-corrected chi connectivity index (χ1v) is 17.0. The zero-order valence-corrected chi connectivity index (χ0v) is 26.4. The van der Waals surface area contributed by atoms with Crippen molar-refractivity contribution in [3.05, 3.63) is 162 Å². The largest absolute Gasteiger partial charge is 0.309 e. The molecule has 0 saturated heterocycles. The normalized spacial score (nSPS) is 12.6. The molecular formula is C43H25N3OS. The average molecular weight is 632 g/mol. The highest BCUT2D eigenvalue weighted by molar-refractivity contribution is 7.99. The summed E-state index contributed by atoms with van der Waals surface area (Å²) in [7, 11) is 0. The number of hydrogen-bond acceptors (Lipinski definition) is 2. The summed E-state index contributed by atoms with van der Waals surface area (Å²) in [6.45, 7) is 0. The van der Waals surface area contributed by atoms with E-state index in [0.717, 1.165) is 59.6 Å². The Labute approximate surface area is 278 Å². The lowest BCUT2D eigenvalue weighted by Crippen LogP contribution is -2.22. The van der Waals surface area contributed by atoms with Gasteiger partial charge in [0.05, 0.1) is 33.3 Å². The van der Waals surface area contributed by atoms with Crippen molar-refractivity contribution in [1.29, 1.82) is 0 Å². The quantitative estimate of drug-likeness (QED) is 0.178. The van der Waals surface area contributed by atoms with Crippen LogP contribution in [-0.2, 0) is 0 Å². The minimum absolute atomic E-state index is 0.00938. The van der Waals surface area contributed by atoms with E-state index in [-0.39, 0.29) is 5.56 Å². The van der Waals surface area contributed by atoms with Crippen molar-refractivity contribution in [2.75, 3.05) is 0 Å². The second-order valence-electron chi connectivity index (χ2n) is 12.5. The third kappa shape index (κ3) is 3.38. The van der Waals surface area contributed by atoms with Crippen LogP contribution in [-0.4, -0.2) is 13.7 Å². The van der Waals surface area contributed by atoms with E-state index in [1.165, 1.54) is 32.6 Å². The van der Waals surface area contributed by atoms with Crippen LogP contribution in [0.2, 0.25) is 0 Å². The van der Waals surface area contributed by atoms with Crippen molar-refractivity contribution in [2.24, 2.45) is 0 Å². The minimum Gasteiger partial charge on any atom is -0.309 e. The number of aromatic nitrogens is 3. The number of benzene rings is 7. The molecule has 11 rings (SSSR count). The molecule has 0 aliphatic carbocycles. The van der Waals surface area contributed by atoms with E-state index in [4.69, 9.17) is 0 Å². The Bertz CT molecular complexity index is 2960. The number of pyridine rings is 1. The van der Waals surface area contributed by atoms with Gasteiger partial charge in [-0.1, -0.05) is 103 Å². The summed E-state index contributed by atoms with van der Waals surface area (Å²) >= 11 is 1.75. The second-order valence-corrected chi connectivity index (χ2v) is 13.6. The summed E-state index contributed by atoms with van der Waals surface area (Å²) in [5.41, 5.74) is 8.71. The van der Waals surface area contributed by atoms with Crippen LogP contribution in [0.1, 0.15) is 0 Å². The van der Waals surface area contributed by atoms with Crippen LogP contribution in [0.25, 0.3) is 82.3 Å². The van der Waals surface area contributed by atoms with Gasteiger partial charge in [0, 0.05) is 53.5 Å². The number of para-hydroxylation sites is 4. The molecule has 0 saturated carbocycles. The minimum atomic E-state index is 0.00938. The molecule has 0 fully saturated rings. The van der Waals surface area contributed by atoms with Crippen molar-refractivity contribution in [1.82, 2.24) is 13.7 Å². The predicted octanol–water partition coefficient (Wildman–Crippen LogP) is 10.8. The Morgan fingerprint density at radius 3 is 1.40 bits per heavy atom. The highest BCUT2D eigenvalue weighted by Crippen LogP contribution is 2.46. The summed E-state index contributed by atoms with van der Waals surface area (Å²) in [5, 5.41) is 7.68. The lowest BCUT2D eigenvalue weighted by Gasteiger charge is -2.25. The summed E-state index contributed by atoms with van der Waals surface area (Å²) in [5.74, 6) is 0. The van der Waals surface area contributed by atoms with Gasteiger partial charge in [0.1, 0.15) is 0 Å². The van der Waals surface area contributed by atoms with Crippen molar-refractivity contribution in [2.45, 2.75) is 9.79 Å². The van der Waals surface area contributed by atoms with Crippen molar-refractivity contribution >= 4 is 77.0 Å². The van der Waals surface area contributed by atoms with Gasteiger partial charge < -0.3 is 9.13 Å². The van der Waals surface area contributed by atoms with Crippen LogP contribution < -0.4 is 5.56 Å². The molecule has 0 N–H and O–H groups in total. The first-order valence-electron chi connectivity index (χ1n) is 16.2. The third-order valence-electron chi connectivity index (χ3n) is 10.0. The van der Waals surface area contributed by atoms with Gasteiger partial charge in [0.15, 0.2) is 0 Å². The topological polar surface area (TPSA) is 31.9 Å². The van der Waals surface area contributed by atoms with Crippen molar-refractivity contribution < 1.29 is 0 Å². The first kappa shape index (κ1) is 26.1. The lowest BCUT2D eigenvalue weighted by atomic mass is 10.0. The molecule has 1 aliphatic heterocycles. The molecule has 5 heteroatoms. The Morgan fingerprint density at radius 1 is 0.375 bits per heavy atom. The van der Waals surface area contributed by atoms with Gasteiger partial charge in [-0.2, -0.15) is 0 Å². The van der Waals surface area contributed by atoms with Crippen LogP contribution in [0.15, 0.2) is 166 Å². The van der Waals surface area contributed by atoms with Crippen molar-refractivity contribution in [3.8, 4) is 17.1 Å². The summed E-state index contributed by atoms with van der Waals surface area (Å²) in [4.78, 5) is 16.5. The highest BCUT2D eigenvalue weighted by atomic mass is 32.2. The monoisotopic (exact) mass is 631 g/mol. The van der Waals surface area contributed by atoms with Crippen LogP contribution in [0.5, 0.6) is 0 Å². The van der Waals surface area contributed by atoms with Gasteiger partial charge in [-0.3, -0.25) is 9.36 Å². The maximum Gasteiger partial charge on any atom is 0.263 e. The van der Waals surface area contributed by atoms with Crippen LogP contribution in [0.4, 0.5) is 0 Å². The van der Waals surface area contributed by atoms with Gasteiger partial charge >= 0.3 is 0 Å². The number of hydrogen-bond donors (Lipinski definition) is 0. The zero-order chi connectivity index (χ0) is 31.5. The molecule has 0 atom stereocenters. The number of fused-ring (bicyclic) bond motifs is 10. The predicted molar refractivity (Wildman–Crippen MR) is 200 cm³/mol. The van der Waals surface area contributed by atoms with Crippen LogP contribution >= 0.6 is 11.8 Å². The highest BCUT2D eigenvalue weighted by Gasteiger charge is 2.25. The standard InChI is InChI=1S/C43H25N3OS/c47-43-33-16-2-1-11-28(33)34-23-27(45-37-19-9-5-14-31(37)32-15-6-10-20-38(32)45)25-41-42(34)46(43)39-22-21-26(24-40(39)48-41)44-35-17-7-3-12-29(35)30-13-4-8-18-36(30)44/h1-25H. The van der Waals surface area contributed by atoms with E-state index < -0.39 is 0 Å². The SMILES string of the molecule is O=c1c2ccccc2c2cc(-n3c4ccccc4c4ccccc43)cc3c2n1-c1ccc(-n2c4ccccc4c4ccccc42)cc1S3. The molecule has 48 heavy (non-hydrogen) atoms. The molecule has 10 aromatic rings. The fourth-order valence-electron chi connectivity index (χ4n) is 8.02. The van der Waals surface area contributed by atoms with E-state index in [0.29, 0.717) is 0 Å². The van der Waals surface area contributed by atoms with Crippen molar-refractivity contribution in [3.63, 3.8) is 0 Å². The third-order valence-corrected chi connectivity index (χ3v) is 11.1. The van der Waals surface area contributed by atoms with Gasteiger partial charge in [-0.15, -0.1) is 0 Å². The van der Waals surface area contributed by atoms with E-state index >= 15 is 0 Å². The second kappa shape index (κ2) is 9.50. The van der Waals surface area contributed by atoms with Gasteiger partial charge in [-0.25, -0.2) is 0 Å². The lowest BCUT2D eigenvalue weighted by molar-refractivity contribution is 0.991. The van der Waals surface area contributed by atoms with Gasteiger partial charge in [-0.05, 0) is 66.0 Å². The maximum absolute atomic E-state index is 14.4. The summed E-state index contributed by atoms with van der Waals surface area (Å²) in [6.07, 6.45) is 0. The fourth-order valence-corrected chi connectivity index (χ4v) is 9.18. The maximum atomic E-state index is 14.4. The average Bonchev–Trinajstić information content (AvgIpc) is 3.66. The number of rotatable bonds is 2. The molecule has 3 aromatic heterocycles. The Morgan fingerprint density at radius 2 is 0.833 bits per heavy atom. The molecule has 0 radical (unpaired) electrons. The summed E-state index contributed by atoms with van der Waals surface area (Å²) < 4.78 is 6.66.